The number of nitrogens with zero attached hydrogens (tertiary/aromatic N) is 3. The van der Waals surface area contributed by atoms with E-state index in [0.717, 1.165) is 79.7 Å². The number of hydrogen-bond acceptors (Lipinski definition) is 3. The van der Waals surface area contributed by atoms with Gasteiger partial charge in [0.05, 0.1) is 30.5 Å². The van der Waals surface area contributed by atoms with Crippen molar-refractivity contribution in [2.24, 2.45) is 0 Å². The van der Waals surface area contributed by atoms with Gasteiger partial charge in [0.2, 0.25) is 0 Å². The van der Waals surface area contributed by atoms with Crippen LogP contribution in [0.5, 0.6) is 0 Å². The Morgan fingerprint density at radius 3 is 2.30 bits per heavy atom. The van der Waals surface area contributed by atoms with Gasteiger partial charge < -0.3 is 14.0 Å². The Morgan fingerprint density at radius 1 is 0.791 bits per heavy atom. The number of furan rings is 1. The Balaban J connectivity index is 0.000000222. The molecular weight excluding hydrogens is 1020 g/mol. The maximum absolute atomic E-state index is 13.0. The van der Waals surface area contributed by atoms with Gasteiger partial charge in [0.15, 0.2) is 0 Å². The minimum Gasteiger partial charge on any atom is -0.500 e. The quantitative estimate of drug-likeness (QED) is 0.123. The molecule has 0 unspecified atom stereocenters. The van der Waals surface area contributed by atoms with Crippen molar-refractivity contribution in [2.75, 3.05) is 0 Å². The van der Waals surface area contributed by atoms with Crippen LogP contribution < -0.4 is 5.19 Å². The molecule has 1 radical (unpaired) electrons. The van der Waals surface area contributed by atoms with Gasteiger partial charge in [0.25, 0.3) is 0 Å². The molecule has 11 rings (SSSR count). The number of aromatic nitrogens is 3. The van der Waals surface area contributed by atoms with Gasteiger partial charge in [-0.25, -0.2) is 0 Å². The van der Waals surface area contributed by atoms with Crippen LogP contribution in [0.25, 0.3) is 83.2 Å². The summed E-state index contributed by atoms with van der Waals surface area (Å²) in [6.45, 7) is 17.4. The number of hydrogen-bond donors (Lipinski definition) is 0. The number of benzene rings is 7. The summed E-state index contributed by atoms with van der Waals surface area (Å²) < 4.78 is 30.7. The Morgan fingerprint density at radius 2 is 1.55 bits per heavy atom. The van der Waals surface area contributed by atoms with E-state index in [0.29, 0.717) is 0 Å². The summed E-state index contributed by atoms with van der Waals surface area (Å²) in [5.41, 5.74) is 14.8. The molecule has 0 spiro atoms. The fourth-order valence-corrected chi connectivity index (χ4v) is 11.2. The zero-order valence-corrected chi connectivity index (χ0v) is 43.0. The maximum atomic E-state index is 13.0. The van der Waals surface area contributed by atoms with Crippen molar-refractivity contribution >= 4 is 57.0 Å². The molecule has 10 aromatic rings. The van der Waals surface area contributed by atoms with Crippen LogP contribution in [0, 0.1) is 17.9 Å². The predicted molar refractivity (Wildman–Crippen MR) is 276 cm³/mol. The van der Waals surface area contributed by atoms with Crippen LogP contribution in [0.4, 0.5) is 4.39 Å². The van der Waals surface area contributed by atoms with Crippen molar-refractivity contribution < 1.29 is 30.3 Å². The van der Waals surface area contributed by atoms with E-state index in [9.17, 15) is 4.39 Å². The van der Waals surface area contributed by atoms with Gasteiger partial charge in [-0.2, -0.15) is 0 Å². The van der Waals surface area contributed by atoms with Crippen LogP contribution in [0.15, 0.2) is 144 Å². The number of pyridine rings is 1. The summed E-state index contributed by atoms with van der Waals surface area (Å²) in [5, 5.41) is 5.81. The third-order valence-electron chi connectivity index (χ3n) is 13.2. The maximum Gasteiger partial charge on any atom is 0.124 e. The van der Waals surface area contributed by atoms with Gasteiger partial charge in [-0.15, -0.1) is 48.0 Å². The third-order valence-corrected chi connectivity index (χ3v) is 15.2. The number of aryl methyl sites for hydroxylation is 2. The summed E-state index contributed by atoms with van der Waals surface area (Å²) in [4.78, 5) is 9.99. The number of imidazole rings is 1. The fraction of sp³-hybridized carbons (Fsp3) is 0.233. The minimum atomic E-state index is -1.57. The summed E-state index contributed by atoms with van der Waals surface area (Å²) in [6, 6.07) is 52.2. The Labute approximate surface area is 410 Å². The first-order chi connectivity index (χ1) is 32.0. The molecule has 0 saturated heterocycles. The van der Waals surface area contributed by atoms with Crippen molar-refractivity contribution in [1.82, 2.24) is 14.5 Å². The van der Waals surface area contributed by atoms with Crippen LogP contribution in [0.1, 0.15) is 77.0 Å². The third kappa shape index (κ3) is 8.74. The van der Waals surface area contributed by atoms with E-state index in [1.807, 2.05) is 32.2 Å². The van der Waals surface area contributed by atoms with E-state index in [1.165, 1.54) is 68.8 Å². The second-order valence-electron chi connectivity index (χ2n) is 20.0. The van der Waals surface area contributed by atoms with Gasteiger partial charge in [0.1, 0.15) is 5.58 Å². The van der Waals surface area contributed by atoms with Crippen LogP contribution in [-0.2, 0) is 38.4 Å². The molecule has 339 valence electrons. The molecule has 4 nitrogen and oxygen atoms in total. The van der Waals surface area contributed by atoms with Gasteiger partial charge in [0, 0.05) is 55.5 Å². The summed E-state index contributed by atoms with van der Waals surface area (Å²) in [7, 11) is -1.57. The monoisotopic (exact) mass is 1080 g/mol. The molecule has 0 amide bonds. The first-order valence-electron chi connectivity index (χ1n) is 23.7. The Bertz CT molecular complexity index is 3490. The SMILES string of the molecule is CC(C)(C)c1ccc(-n2c(-c3[c-]ccc4c3oc3c5c(ccc34)CCCC5)nc3c4ccccc4ccc32)c(-c2ccccc2)c1.[2H]C(C)(C)c1cc(-c2[c-]cc(F)cc2)ncc1[Si](C)(C)C.[Ir]. The normalized spacial score (nSPS) is 13.3. The second-order valence-corrected chi connectivity index (χ2v) is 25.1. The van der Waals surface area contributed by atoms with E-state index in [4.69, 9.17) is 10.8 Å². The molecule has 0 saturated carbocycles. The van der Waals surface area contributed by atoms with Crippen molar-refractivity contribution in [3.05, 3.63) is 180 Å². The van der Waals surface area contributed by atoms with E-state index in [2.05, 4.69) is 165 Å². The molecule has 3 heterocycles. The molecule has 1 aliphatic rings. The molecule has 0 atom stereocenters. The standard InChI is InChI=1S/C43H35N2O.C17H21FNSi.Ir/c1-43(2,3)30-22-25-37(36(26-30)27-12-5-4-6-13-27)45-38-24-21-28-14-7-9-16-31(28)39(38)44-42(45)35-19-11-18-33-34-23-20-29-15-8-10-17-32(29)40(34)46-41(33)35;1-12(2)15-10-16(13-6-8-14(18)9-7-13)19-11-17(15)20(3,4)5;/h4-7,9,11-14,16,18,20-26H,8,10,15,17H2,1-3H3;6,8-12H,1-5H3;/q2*-1;/i;12D;. The van der Waals surface area contributed by atoms with Gasteiger partial charge >= 0.3 is 0 Å². The molecule has 0 fully saturated rings. The first kappa shape index (κ1) is 44.8. The van der Waals surface area contributed by atoms with Gasteiger partial charge in [-0.1, -0.05) is 156 Å². The van der Waals surface area contributed by atoms with Crippen molar-refractivity contribution in [3.8, 4) is 39.5 Å². The van der Waals surface area contributed by atoms with E-state index >= 15 is 0 Å². The molecule has 0 bridgehead atoms. The van der Waals surface area contributed by atoms with E-state index < -0.39 is 14.0 Å². The fourth-order valence-electron chi connectivity index (χ4n) is 9.64. The van der Waals surface area contributed by atoms with Crippen LogP contribution in [0.2, 0.25) is 19.6 Å². The Kier molecular flexibility index (Phi) is 12.2. The molecule has 0 aliphatic heterocycles. The summed E-state index contributed by atoms with van der Waals surface area (Å²) in [5.74, 6) is -0.156. The first-order valence-corrected chi connectivity index (χ1v) is 26.7. The van der Waals surface area contributed by atoms with Crippen molar-refractivity contribution in [3.63, 3.8) is 0 Å². The van der Waals surface area contributed by atoms with E-state index in [-0.39, 0.29) is 31.3 Å². The Hall–Kier alpha value is -5.98. The number of halogens is 1. The molecule has 3 aromatic heterocycles. The second kappa shape index (κ2) is 18.3. The van der Waals surface area contributed by atoms with Crippen molar-refractivity contribution in [2.45, 2.75) is 91.3 Å². The van der Waals surface area contributed by atoms with Crippen LogP contribution in [-0.4, -0.2) is 22.6 Å². The van der Waals surface area contributed by atoms with Crippen molar-refractivity contribution in [1.29, 1.82) is 0 Å². The van der Waals surface area contributed by atoms with Gasteiger partial charge in [-0.3, -0.25) is 9.37 Å². The molecular formula is C60H56FIrN3OSi-2. The summed E-state index contributed by atoms with van der Waals surface area (Å²) >= 11 is 0. The smallest absolute Gasteiger partial charge is 0.124 e. The average molecular weight is 1080 g/mol. The zero-order chi connectivity index (χ0) is 46.8. The molecule has 67 heavy (non-hydrogen) atoms. The number of fused-ring (bicyclic) bond motifs is 8. The van der Waals surface area contributed by atoms with Crippen LogP contribution >= 0.6 is 0 Å². The van der Waals surface area contributed by atoms with E-state index in [1.54, 1.807) is 6.07 Å². The summed E-state index contributed by atoms with van der Waals surface area (Å²) in [6.07, 6.45) is 6.53. The predicted octanol–water partition coefficient (Wildman–Crippen LogP) is 15.7. The average Bonchev–Trinajstić information content (AvgIpc) is 3.91. The molecule has 0 N–H and O–H groups in total. The topological polar surface area (TPSA) is 43.9 Å². The largest absolute Gasteiger partial charge is 0.500 e. The number of rotatable bonds is 6. The zero-order valence-electron chi connectivity index (χ0n) is 40.6. The molecule has 7 heteroatoms. The van der Waals surface area contributed by atoms with Crippen LogP contribution in [0.3, 0.4) is 0 Å². The van der Waals surface area contributed by atoms with Gasteiger partial charge in [-0.05, 0) is 93.7 Å². The minimum absolute atomic E-state index is 0. The molecule has 1 aliphatic carbocycles. The molecule has 7 aromatic carbocycles.